The molecular weight excluding hydrogens is 258 g/mol. The van der Waals surface area contributed by atoms with Crippen molar-refractivity contribution in [2.75, 3.05) is 6.54 Å². The molecule has 0 spiro atoms. The minimum absolute atomic E-state index is 0.228. The van der Waals surface area contributed by atoms with Crippen molar-refractivity contribution in [3.63, 3.8) is 0 Å². The average molecular weight is 279 g/mol. The van der Waals surface area contributed by atoms with E-state index in [0.717, 1.165) is 17.1 Å². The summed E-state index contributed by atoms with van der Waals surface area (Å²) in [5.41, 5.74) is 1.18. The highest BCUT2D eigenvalue weighted by Crippen LogP contribution is 2.27. The van der Waals surface area contributed by atoms with E-state index in [2.05, 4.69) is 29.1 Å². The summed E-state index contributed by atoms with van der Waals surface area (Å²) in [5, 5.41) is 18.2. The average Bonchev–Trinajstić information content (AvgIpc) is 2.96. The fraction of sp³-hybridized carbons (Fsp3) is 0.467. The molecule has 19 heavy (non-hydrogen) atoms. The molecule has 0 bridgehead atoms. The Kier molecular flexibility index (Phi) is 4.13. The number of furan rings is 1. The standard InChI is InChI=1S/C15H21NO2S/c1-10-7-14(12(3)18-10)15(4,17)9-16-11(2)13-5-6-19-8-13/h5-8,11,16-17H,9H2,1-4H3. The highest BCUT2D eigenvalue weighted by atomic mass is 32.1. The van der Waals surface area contributed by atoms with Crippen LogP contribution in [0.5, 0.6) is 0 Å². The molecule has 0 aliphatic rings. The first-order chi connectivity index (χ1) is 8.90. The molecule has 0 radical (unpaired) electrons. The first-order valence-electron chi connectivity index (χ1n) is 6.45. The lowest BCUT2D eigenvalue weighted by Crippen LogP contribution is -2.36. The quantitative estimate of drug-likeness (QED) is 0.880. The Balaban J connectivity index is 2.03. The molecule has 2 unspecified atom stereocenters. The molecule has 3 nitrogen and oxygen atoms in total. The predicted octanol–water partition coefficient (Wildman–Crippen LogP) is 3.52. The molecule has 2 aromatic heterocycles. The highest BCUT2D eigenvalue weighted by molar-refractivity contribution is 7.07. The number of hydrogen-bond donors (Lipinski definition) is 2. The fourth-order valence-corrected chi connectivity index (χ4v) is 3.01. The van der Waals surface area contributed by atoms with Gasteiger partial charge in [0.2, 0.25) is 0 Å². The van der Waals surface area contributed by atoms with E-state index < -0.39 is 5.60 Å². The van der Waals surface area contributed by atoms with Crippen molar-refractivity contribution < 1.29 is 9.52 Å². The van der Waals surface area contributed by atoms with E-state index in [0.29, 0.717) is 6.54 Å². The van der Waals surface area contributed by atoms with Gasteiger partial charge in [0.25, 0.3) is 0 Å². The van der Waals surface area contributed by atoms with E-state index in [-0.39, 0.29) is 6.04 Å². The van der Waals surface area contributed by atoms with Crippen molar-refractivity contribution in [1.29, 1.82) is 0 Å². The maximum absolute atomic E-state index is 10.6. The lowest BCUT2D eigenvalue weighted by Gasteiger charge is -2.25. The molecule has 104 valence electrons. The van der Waals surface area contributed by atoms with E-state index in [1.165, 1.54) is 5.56 Å². The predicted molar refractivity (Wildman–Crippen MR) is 78.5 cm³/mol. The third-order valence-electron chi connectivity index (χ3n) is 3.42. The van der Waals surface area contributed by atoms with Crippen LogP contribution in [0.3, 0.4) is 0 Å². The van der Waals surface area contributed by atoms with Crippen LogP contribution in [0, 0.1) is 13.8 Å². The second-order valence-corrected chi connectivity index (χ2v) is 6.04. The van der Waals surface area contributed by atoms with Crippen molar-refractivity contribution in [1.82, 2.24) is 5.32 Å². The second kappa shape index (κ2) is 5.49. The number of nitrogens with one attached hydrogen (secondary N) is 1. The summed E-state index contributed by atoms with van der Waals surface area (Å²) in [5.74, 6) is 1.62. The van der Waals surface area contributed by atoms with E-state index in [1.54, 1.807) is 11.3 Å². The van der Waals surface area contributed by atoms with Crippen LogP contribution in [0.1, 0.15) is 42.5 Å². The molecule has 4 heteroatoms. The van der Waals surface area contributed by atoms with Crippen LogP contribution in [0.4, 0.5) is 0 Å². The number of aryl methyl sites for hydroxylation is 2. The van der Waals surface area contributed by atoms with E-state index in [9.17, 15) is 5.11 Å². The molecule has 2 atom stereocenters. The summed E-state index contributed by atoms with van der Waals surface area (Å²) >= 11 is 1.69. The Morgan fingerprint density at radius 2 is 2.21 bits per heavy atom. The molecule has 0 saturated carbocycles. The van der Waals surface area contributed by atoms with Crippen molar-refractivity contribution in [3.05, 3.63) is 45.5 Å². The third-order valence-corrected chi connectivity index (χ3v) is 4.12. The van der Waals surface area contributed by atoms with Crippen molar-refractivity contribution >= 4 is 11.3 Å². The van der Waals surface area contributed by atoms with Gasteiger partial charge < -0.3 is 14.8 Å². The van der Waals surface area contributed by atoms with Crippen LogP contribution in [-0.2, 0) is 5.60 Å². The van der Waals surface area contributed by atoms with Gasteiger partial charge in [-0.1, -0.05) is 0 Å². The van der Waals surface area contributed by atoms with Crippen molar-refractivity contribution in [3.8, 4) is 0 Å². The number of thiophene rings is 1. The summed E-state index contributed by atoms with van der Waals surface area (Å²) in [6.07, 6.45) is 0. The molecule has 0 amide bonds. The van der Waals surface area contributed by atoms with E-state index >= 15 is 0 Å². The lowest BCUT2D eigenvalue weighted by atomic mass is 9.95. The van der Waals surface area contributed by atoms with Crippen LogP contribution >= 0.6 is 11.3 Å². The smallest absolute Gasteiger partial charge is 0.107 e. The first-order valence-corrected chi connectivity index (χ1v) is 7.40. The van der Waals surface area contributed by atoms with Gasteiger partial charge in [0, 0.05) is 18.2 Å². The second-order valence-electron chi connectivity index (χ2n) is 5.26. The van der Waals surface area contributed by atoms with Gasteiger partial charge in [-0.3, -0.25) is 0 Å². The minimum Gasteiger partial charge on any atom is -0.466 e. The summed E-state index contributed by atoms with van der Waals surface area (Å²) in [4.78, 5) is 0. The van der Waals surface area contributed by atoms with Crippen LogP contribution in [0.25, 0.3) is 0 Å². The van der Waals surface area contributed by atoms with Gasteiger partial charge in [0.15, 0.2) is 0 Å². The maximum Gasteiger partial charge on any atom is 0.107 e. The molecule has 0 aliphatic heterocycles. The molecule has 2 aromatic rings. The van der Waals surface area contributed by atoms with Gasteiger partial charge in [-0.05, 0) is 56.2 Å². The number of rotatable bonds is 5. The van der Waals surface area contributed by atoms with Gasteiger partial charge in [0.1, 0.15) is 17.1 Å². The fourth-order valence-electron chi connectivity index (χ4n) is 2.25. The topological polar surface area (TPSA) is 45.4 Å². The summed E-state index contributed by atoms with van der Waals surface area (Å²) in [6, 6.07) is 4.24. The molecule has 0 aromatic carbocycles. The Morgan fingerprint density at radius 3 is 2.74 bits per heavy atom. The van der Waals surface area contributed by atoms with Gasteiger partial charge >= 0.3 is 0 Å². The molecule has 0 fully saturated rings. The van der Waals surface area contributed by atoms with Gasteiger partial charge in [-0.25, -0.2) is 0 Å². The maximum atomic E-state index is 10.6. The Morgan fingerprint density at radius 1 is 1.47 bits per heavy atom. The molecular formula is C15H21NO2S. The van der Waals surface area contributed by atoms with Crippen LogP contribution in [0.2, 0.25) is 0 Å². The van der Waals surface area contributed by atoms with Gasteiger partial charge in [-0.15, -0.1) is 0 Å². The van der Waals surface area contributed by atoms with Crippen LogP contribution in [-0.4, -0.2) is 11.7 Å². The monoisotopic (exact) mass is 279 g/mol. The minimum atomic E-state index is -0.924. The normalized spacial score (nSPS) is 16.3. The van der Waals surface area contributed by atoms with Crippen LogP contribution in [0.15, 0.2) is 27.3 Å². The van der Waals surface area contributed by atoms with E-state index in [1.807, 2.05) is 26.8 Å². The number of aliphatic hydroxyl groups is 1. The van der Waals surface area contributed by atoms with Gasteiger partial charge in [0.05, 0.1) is 0 Å². The summed E-state index contributed by atoms with van der Waals surface area (Å²) < 4.78 is 5.49. The van der Waals surface area contributed by atoms with Crippen LogP contribution < -0.4 is 5.32 Å². The van der Waals surface area contributed by atoms with Gasteiger partial charge in [-0.2, -0.15) is 11.3 Å². The van der Waals surface area contributed by atoms with Crippen molar-refractivity contribution in [2.45, 2.75) is 39.3 Å². The molecule has 2 heterocycles. The summed E-state index contributed by atoms with van der Waals surface area (Å²) in [6.45, 7) is 8.19. The Bertz CT molecular complexity index is 528. The zero-order valence-electron chi connectivity index (χ0n) is 11.9. The SMILES string of the molecule is Cc1cc(C(C)(O)CNC(C)c2ccsc2)c(C)o1. The largest absolute Gasteiger partial charge is 0.466 e. The zero-order valence-corrected chi connectivity index (χ0v) is 12.7. The lowest BCUT2D eigenvalue weighted by molar-refractivity contribution is 0.0529. The first kappa shape index (κ1) is 14.3. The Labute approximate surface area is 118 Å². The zero-order chi connectivity index (χ0) is 14.0. The molecule has 2 N–H and O–H groups in total. The molecule has 2 rings (SSSR count). The van der Waals surface area contributed by atoms with Crippen molar-refractivity contribution in [2.24, 2.45) is 0 Å². The Hall–Kier alpha value is -1.10. The summed E-state index contributed by atoms with van der Waals surface area (Å²) in [7, 11) is 0. The third kappa shape index (κ3) is 3.26. The number of hydrogen-bond acceptors (Lipinski definition) is 4. The highest BCUT2D eigenvalue weighted by Gasteiger charge is 2.28. The van der Waals surface area contributed by atoms with E-state index in [4.69, 9.17) is 4.42 Å². The molecule has 0 aliphatic carbocycles. The molecule has 0 saturated heterocycles.